The molecule has 0 aliphatic rings. The van der Waals surface area contributed by atoms with Gasteiger partial charge in [-0.25, -0.2) is 0 Å². The van der Waals surface area contributed by atoms with Gasteiger partial charge in [0.25, 0.3) is 0 Å². The number of hydrogen-bond acceptors (Lipinski definition) is 0. The molecule has 0 heterocycles. The Morgan fingerprint density at radius 1 is 0.205 bits per heavy atom. The van der Waals surface area contributed by atoms with Crippen molar-refractivity contribution in [1.29, 1.82) is 0 Å². The van der Waals surface area contributed by atoms with Crippen molar-refractivity contribution in [2.24, 2.45) is 0 Å². The summed E-state index contributed by atoms with van der Waals surface area (Å²) in [5.74, 6) is 0. The van der Waals surface area contributed by atoms with Crippen molar-refractivity contribution in [3.8, 4) is 33.4 Å². The second-order valence-electron chi connectivity index (χ2n) is 11.7. The van der Waals surface area contributed by atoms with E-state index in [-0.39, 0.29) is 0 Å². The van der Waals surface area contributed by atoms with Gasteiger partial charge in [-0.05, 0) is 118 Å². The molecular weight excluding hydrogens is 528 g/mol. The van der Waals surface area contributed by atoms with Gasteiger partial charge in [-0.1, -0.05) is 140 Å². The lowest BCUT2D eigenvalue weighted by atomic mass is 9.85. The Bertz CT molecular complexity index is 2540. The second-order valence-corrected chi connectivity index (χ2v) is 11.7. The molecule has 0 amide bonds. The monoisotopic (exact) mass is 556 g/mol. The maximum atomic E-state index is 2.45. The molecular formula is C44H28. The van der Waals surface area contributed by atoms with E-state index in [1.54, 1.807) is 0 Å². The zero-order chi connectivity index (χ0) is 29.0. The van der Waals surface area contributed by atoms with Crippen LogP contribution >= 0.6 is 0 Å². The van der Waals surface area contributed by atoms with Crippen LogP contribution in [0.3, 0.4) is 0 Å². The fourth-order valence-electron chi connectivity index (χ4n) is 7.09. The Kier molecular flexibility index (Phi) is 5.61. The Labute approximate surface area is 256 Å². The molecule has 0 radical (unpaired) electrons. The van der Waals surface area contributed by atoms with E-state index in [1.165, 1.54) is 87.2 Å². The molecule has 0 aromatic heterocycles. The van der Waals surface area contributed by atoms with E-state index in [0.29, 0.717) is 0 Å². The van der Waals surface area contributed by atoms with Crippen LogP contribution in [-0.2, 0) is 0 Å². The summed E-state index contributed by atoms with van der Waals surface area (Å²) in [7, 11) is 0. The van der Waals surface area contributed by atoms with Gasteiger partial charge >= 0.3 is 0 Å². The highest BCUT2D eigenvalue weighted by molar-refractivity contribution is 6.24. The Morgan fingerprint density at radius 2 is 0.682 bits per heavy atom. The number of benzene rings is 9. The maximum absolute atomic E-state index is 2.45. The van der Waals surface area contributed by atoms with Crippen LogP contribution in [-0.4, -0.2) is 0 Å². The highest BCUT2D eigenvalue weighted by atomic mass is 14.2. The van der Waals surface area contributed by atoms with Crippen LogP contribution in [0.5, 0.6) is 0 Å². The van der Waals surface area contributed by atoms with E-state index in [9.17, 15) is 0 Å². The van der Waals surface area contributed by atoms with Gasteiger partial charge in [0.15, 0.2) is 0 Å². The molecule has 0 saturated carbocycles. The van der Waals surface area contributed by atoms with Gasteiger partial charge in [0.2, 0.25) is 0 Å². The zero-order valence-corrected chi connectivity index (χ0v) is 24.2. The molecule has 9 aromatic carbocycles. The third-order valence-electron chi connectivity index (χ3n) is 9.20. The van der Waals surface area contributed by atoms with Gasteiger partial charge in [0, 0.05) is 0 Å². The third-order valence-corrected chi connectivity index (χ3v) is 9.20. The van der Waals surface area contributed by atoms with Crippen LogP contribution in [0, 0.1) is 0 Å². The molecule has 0 heteroatoms. The first-order valence-corrected chi connectivity index (χ1v) is 15.3. The Balaban J connectivity index is 1.40. The highest BCUT2D eigenvalue weighted by Crippen LogP contribution is 2.45. The summed E-state index contributed by atoms with van der Waals surface area (Å²) in [6, 6.07) is 62.4. The molecule has 0 saturated heterocycles. The lowest BCUT2D eigenvalue weighted by molar-refractivity contribution is 1.63. The average molecular weight is 557 g/mol. The summed E-state index contributed by atoms with van der Waals surface area (Å²) in [5, 5.41) is 12.7. The first-order valence-electron chi connectivity index (χ1n) is 15.3. The topological polar surface area (TPSA) is 0 Å². The van der Waals surface area contributed by atoms with E-state index in [2.05, 4.69) is 170 Å². The molecule has 9 rings (SSSR count). The zero-order valence-electron chi connectivity index (χ0n) is 24.2. The van der Waals surface area contributed by atoms with Gasteiger partial charge in [-0.15, -0.1) is 0 Å². The fraction of sp³-hybridized carbons (Fsp3) is 0. The van der Waals surface area contributed by atoms with E-state index >= 15 is 0 Å². The van der Waals surface area contributed by atoms with Crippen molar-refractivity contribution in [2.45, 2.75) is 0 Å². The first-order chi connectivity index (χ1) is 21.8. The number of hydrogen-bond donors (Lipinski definition) is 0. The van der Waals surface area contributed by atoms with Crippen LogP contribution in [0.25, 0.3) is 87.2 Å². The van der Waals surface area contributed by atoms with Crippen molar-refractivity contribution in [2.75, 3.05) is 0 Å². The SMILES string of the molecule is c1ccc(-c2cc3ccccc3cc2-c2cc3c4ccccc4c(-c4ccc5ccccc5c4)cc3c3ccccc23)cc1. The average Bonchev–Trinajstić information content (AvgIpc) is 3.10. The van der Waals surface area contributed by atoms with Crippen molar-refractivity contribution in [3.05, 3.63) is 170 Å². The molecule has 204 valence electrons. The predicted molar refractivity (Wildman–Crippen MR) is 190 cm³/mol. The summed E-state index contributed by atoms with van der Waals surface area (Å²) in [4.78, 5) is 0. The number of fused-ring (bicyclic) bond motifs is 7. The molecule has 0 unspecified atom stereocenters. The van der Waals surface area contributed by atoms with Crippen molar-refractivity contribution < 1.29 is 0 Å². The Hall–Kier alpha value is -5.72. The highest BCUT2D eigenvalue weighted by Gasteiger charge is 2.17. The minimum atomic E-state index is 1.23. The van der Waals surface area contributed by atoms with Gasteiger partial charge in [0.1, 0.15) is 0 Å². The van der Waals surface area contributed by atoms with E-state index in [1.807, 2.05) is 0 Å². The van der Waals surface area contributed by atoms with Gasteiger partial charge in [-0.2, -0.15) is 0 Å². The molecule has 0 bridgehead atoms. The van der Waals surface area contributed by atoms with E-state index < -0.39 is 0 Å². The molecule has 0 spiro atoms. The third kappa shape index (κ3) is 3.92. The van der Waals surface area contributed by atoms with Crippen LogP contribution < -0.4 is 0 Å². The summed E-state index contributed by atoms with van der Waals surface area (Å²) in [6.45, 7) is 0. The van der Waals surface area contributed by atoms with Crippen molar-refractivity contribution in [1.82, 2.24) is 0 Å². The van der Waals surface area contributed by atoms with Crippen molar-refractivity contribution >= 4 is 53.9 Å². The molecule has 0 atom stereocenters. The standard InChI is InChI=1S/C44H28/c1-2-13-30(14-3-1)39-25-32-16-6-7-17-33(32)26-41(39)43-28-44-36-19-9-8-18-35(36)40(27-42(44)37-20-10-11-21-38(37)43)34-23-22-29-12-4-5-15-31(29)24-34/h1-28H. The molecule has 0 aliphatic heterocycles. The molecule has 44 heavy (non-hydrogen) atoms. The maximum Gasteiger partial charge on any atom is -0.00923 e. The number of rotatable bonds is 3. The van der Waals surface area contributed by atoms with Crippen LogP contribution in [0.4, 0.5) is 0 Å². The molecule has 0 N–H and O–H groups in total. The summed E-state index contributed by atoms with van der Waals surface area (Å²) < 4.78 is 0. The molecule has 0 aliphatic carbocycles. The largest absolute Gasteiger partial charge is 0.0622 e. The smallest absolute Gasteiger partial charge is 0.00923 e. The summed E-state index contributed by atoms with van der Waals surface area (Å²) in [5.41, 5.74) is 7.53. The second kappa shape index (κ2) is 9.93. The lowest BCUT2D eigenvalue weighted by Gasteiger charge is -2.18. The minimum Gasteiger partial charge on any atom is -0.0622 e. The minimum absolute atomic E-state index is 1.23. The Morgan fingerprint density at radius 3 is 1.34 bits per heavy atom. The van der Waals surface area contributed by atoms with E-state index in [0.717, 1.165) is 0 Å². The van der Waals surface area contributed by atoms with Crippen LogP contribution in [0.15, 0.2) is 170 Å². The normalized spacial score (nSPS) is 11.6. The molecule has 9 aromatic rings. The van der Waals surface area contributed by atoms with Crippen LogP contribution in [0.2, 0.25) is 0 Å². The van der Waals surface area contributed by atoms with E-state index in [4.69, 9.17) is 0 Å². The van der Waals surface area contributed by atoms with Gasteiger partial charge in [0.05, 0.1) is 0 Å². The fourth-order valence-corrected chi connectivity index (χ4v) is 7.09. The van der Waals surface area contributed by atoms with Gasteiger partial charge < -0.3 is 0 Å². The molecule has 0 nitrogen and oxygen atoms in total. The summed E-state index contributed by atoms with van der Waals surface area (Å²) in [6.07, 6.45) is 0. The van der Waals surface area contributed by atoms with Crippen LogP contribution in [0.1, 0.15) is 0 Å². The van der Waals surface area contributed by atoms with Gasteiger partial charge in [-0.3, -0.25) is 0 Å². The quantitative estimate of drug-likeness (QED) is 0.190. The lowest BCUT2D eigenvalue weighted by Crippen LogP contribution is -1.91. The molecule has 0 fully saturated rings. The summed E-state index contributed by atoms with van der Waals surface area (Å²) >= 11 is 0. The van der Waals surface area contributed by atoms with Crippen molar-refractivity contribution in [3.63, 3.8) is 0 Å². The predicted octanol–water partition coefficient (Wildman–Crippen LogP) is 12.5. The first kappa shape index (κ1) is 24.8.